The predicted molar refractivity (Wildman–Crippen MR) is 78.8 cm³/mol. The van der Waals surface area contributed by atoms with E-state index in [-0.39, 0.29) is 0 Å². The summed E-state index contributed by atoms with van der Waals surface area (Å²) >= 11 is 0. The van der Waals surface area contributed by atoms with Crippen LogP contribution in [0.15, 0.2) is 16.9 Å². The molecule has 2 rings (SSSR count). The van der Waals surface area contributed by atoms with Crippen molar-refractivity contribution in [3.05, 3.63) is 29.4 Å². The Morgan fingerprint density at radius 3 is 2.50 bits per heavy atom. The lowest BCUT2D eigenvalue weighted by Crippen LogP contribution is -2.10. The number of anilines is 2. The molecule has 2 heterocycles. The summed E-state index contributed by atoms with van der Waals surface area (Å²) in [5.74, 6) is 2.54. The molecule has 0 saturated carbocycles. The van der Waals surface area contributed by atoms with Crippen LogP contribution in [0.2, 0.25) is 0 Å². The van der Waals surface area contributed by atoms with Crippen LogP contribution in [-0.2, 0) is 13.0 Å². The van der Waals surface area contributed by atoms with E-state index in [0.717, 1.165) is 48.0 Å². The molecule has 0 fully saturated rings. The average Bonchev–Trinajstić information content (AvgIpc) is 2.88. The van der Waals surface area contributed by atoms with E-state index >= 15 is 0 Å². The molecular formula is C14H21N5O. The number of hydrogen-bond donors (Lipinski definition) is 2. The molecule has 108 valence electrons. The fourth-order valence-electron chi connectivity index (χ4n) is 1.97. The van der Waals surface area contributed by atoms with Crippen molar-refractivity contribution in [2.45, 2.75) is 40.2 Å². The molecule has 0 aliphatic rings. The molecule has 2 N–H and O–H groups in total. The van der Waals surface area contributed by atoms with Crippen LogP contribution < -0.4 is 10.6 Å². The number of nitrogens with one attached hydrogen (secondary N) is 2. The second kappa shape index (κ2) is 6.88. The van der Waals surface area contributed by atoms with Crippen molar-refractivity contribution in [1.29, 1.82) is 0 Å². The van der Waals surface area contributed by atoms with Crippen molar-refractivity contribution in [3.8, 4) is 0 Å². The van der Waals surface area contributed by atoms with E-state index in [1.165, 1.54) is 0 Å². The molecule has 20 heavy (non-hydrogen) atoms. The number of aryl methyl sites for hydroxylation is 1. The Balaban J connectivity index is 2.10. The van der Waals surface area contributed by atoms with E-state index in [2.05, 4.69) is 39.6 Å². The molecule has 6 nitrogen and oxygen atoms in total. The first-order chi connectivity index (χ1) is 9.74. The molecule has 6 heteroatoms. The van der Waals surface area contributed by atoms with Crippen molar-refractivity contribution >= 4 is 11.6 Å². The fraction of sp³-hybridized carbons (Fsp3) is 0.500. The highest BCUT2D eigenvalue weighted by atomic mass is 16.5. The maximum atomic E-state index is 5.18. The normalized spacial score (nSPS) is 10.6. The van der Waals surface area contributed by atoms with Crippen LogP contribution in [0, 0.1) is 6.92 Å². The third-order valence-corrected chi connectivity index (χ3v) is 2.95. The van der Waals surface area contributed by atoms with Crippen LogP contribution >= 0.6 is 0 Å². The number of rotatable bonds is 7. The molecule has 0 aliphatic heterocycles. The van der Waals surface area contributed by atoms with E-state index < -0.39 is 0 Å². The van der Waals surface area contributed by atoms with Gasteiger partial charge in [0.15, 0.2) is 5.76 Å². The molecule has 0 aromatic carbocycles. The number of aromatic nitrogens is 3. The highest BCUT2D eigenvalue weighted by molar-refractivity contribution is 5.57. The third-order valence-electron chi connectivity index (χ3n) is 2.95. The summed E-state index contributed by atoms with van der Waals surface area (Å²) in [4.78, 5) is 8.62. The van der Waals surface area contributed by atoms with E-state index in [1.54, 1.807) is 6.33 Å². The molecule has 0 spiro atoms. The smallest absolute Gasteiger partial charge is 0.156 e. The van der Waals surface area contributed by atoms with Gasteiger partial charge in [0, 0.05) is 18.2 Å². The van der Waals surface area contributed by atoms with Crippen molar-refractivity contribution in [2.75, 3.05) is 17.2 Å². The summed E-state index contributed by atoms with van der Waals surface area (Å²) in [7, 11) is 0. The van der Waals surface area contributed by atoms with Crippen molar-refractivity contribution in [1.82, 2.24) is 15.1 Å². The van der Waals surface area contributed by atoms with Crippen LogP contribution in [-0.4, -0.2) is 21.7 Å². The fourth-order valence-corrected chi connectivity index (χ4v) is 1.97. The minimum Gasteiger partial charge on any atom is -0.370 e. The average molecular weight is 275 g/mol. The summed E-state index contributed by atoms with van der Waals surface area (Å²) in [5, 5.41) is 10.5. The van der Waals surface area contributed by atoms with Gasteiger partial charge in [0.1, 0.15) is 18.0 Å². The molecular weight excluding hydrogens is 254 g/mol. The van der Waals surface area contributed by atoms with Crippen LogP contribution in [0.4, 0.5) is 11.6 Å². The second-order valence-corrected chi connectivity index (χ2v) is 4.62. The maximum Gasteiger partial charge on any atom is 0.156 e. The van der Waals surface area contributed by atoms with E-state index in [4.69, 9.17) is 4.52 Å². The molecule has 2 aromatic heterocycles. The Kier molecular flexibility index (Phi) is 4.92. The van der Waals surface area contributed by atoms with E-state index in [1.807, 2.05) is 13.0 Å². The lowest BCUT2D eigenvalue weighted by molar-refractivity contribution is 0.384. The van der Waals surface area contributed by atoms with Gasteiger partial charge in [0.05, 0.1) is 12.2 Å². The van der Waals surface area contributed by atoms with Gasteiger partial charge in [-0.3, -0.25) is 0 Å². The maximum absolute atomic E-state index is 5.18. The predicted octanol–water partition coefficient (Wildman–Crippen LogP) is 2.77. The van der Waals surface area contributed by atoms with Gasteiger partial charge in [-0.15, -0.1) is 0 Å². The van der Waals surface area contributed by atoms with Gasteiger partial charge in [0.25, 0.3) is 0 Å². The summed E-state index contributed by atoms with van der Waals surface area (Å²) in [6, 6.07) is 1.91. The highest BCUT2D eigenvalue weighted by Crippen LogP contribution is 2.21. The molecule has 0 amide bonds. The Morgan fingerprint density at radius 1 is 1.15 bits per heavy atom. The molecule has 2 aromatic rings. The first-order valence-electron chi connectivity index (χ1n) is 6.98. The topological polar surface area (TPSA) is 75.9 Å². The van der Waals surface area contributed by atoms with Crippen molar-refractivity contribution in [2.24, 2.45) is 0 Å². The zero-order valence-corrected chi connectivity index (χ0v) is 12.2. The van der Waals surface area contributed by atoms with Crippen LogP contribution in [0.5, 0.6) is 0 Å². The zero-order chi connectivity index (χ0) is 14.4. The van der Waals surface area contributed by atoms with Crippen molar-refractivity contribution in [3.63, 3.8) is 0 Å². The van der Waals surface area contributed by atoms with Gasteiger partial charge >= 0.3 is 0 Å². The SMILES string of the molecule is CCCNc1ncnc(NCc2cc(C)no2)c1CC. The number of hydrogen-bond acceptors (Lipinski definition) is 6. The van der Waals surface area contributed by atoms with Gasteiger partial charge in [0.2, 0.25) is 0 Å². The number of nitrogens with zero attached hydrogens (tertiary/aromatic N) is 3. The summed E-state index contributed by atoms with van der Waals surface area (Å²) in [6.07, 6.45) is 3.50. The zero-order valence-electron chi connectivity index (χ0n) is 12.2. The summed E-state index contributed by atoms with van der Waals surface area (Å²) < 4.78 is 5.18. The molecule has 0 radical (unpaired) electrons. The Labute approximate surface area is 119 Å². The Bertz CT molecular complexity index is 552. The van der Waals surface area contributed by atoms with Gasteiger partial charge in [-0.1, -0.05) is 19.0 Å². The van der Waals surface area contributed by atoms with Crippen molar-refractivity contribution < 1.29 is 4.52 Å². The highest BCUT2D eigenvalue weighted by Gasteiger charge is 2.10. The minimum absolute atomic E-state index is 0.568. The second-order valence-electron chi connectivity index (χ2n) is 4.62. The van der Waals surface area contributed by atoms with Gasteiger partial charge in [-0.05, 0) is 19.8 Å². The van der Waals surface area contributed by atoms with Gasteiger partial charge in [-0.25, -0.2) is 9.97 Å². The Hall–Kier alpha value is -2.11. The lowest BCUT2D eigenvalue weighted by atomic mass is 10.2. The molecule has 0 saturated heterocycles. The standard InChI is InChI=1S/C14H21N5O/c1-4-6-15-13-12(5-2)14(18-9-17-13)16-8-11-7-10(3)19-20-11/h7,9H,4-6,8H2,1-3H3,(H2,15,16,17,18). The van der Waals surface area contributed by atoms with Crippen LogP contribution in [0.1, 0.15) is 37.3 Å². The molecule has 0 bridgehead atoms. The van der Waals surface area contributed by atoms with Gasteiger partial charge in [-0.2, -0.15) is 0 Å². The molecule has 0 unspecified atom stereocenters. The van der Waals surface area contributed by atoms with E-state index in [0.29, 0.717) is 6.54 Å². The quantitative estimate of drug-likeness (QED) is 0.809. The molecule has 0 atom stereocenters. The van der Waals surface area contributed by atoms with Crippen LogP contribution in [0.25, 0.3) is 0 Å². The summed E-state index contributed by atoms with van der Waals surface area (Å²) in [6.45, 7) is 7.61. The van der Waals surface area contributed by atoms with E-state index in [9.17, 15) is 0 Å². The largest absolute Gasteiger partial charge is 0.370 e. The first-order valence-corrected chi connectivity index (χ1v) is 6.98. The summed E-state index contributed by atoms with van der Waals surface area (Å²) in [5.41, 5.74) is 1.97. The van der Waals surface area contributed by atoms with Gasteiger partial charge < -0.3 is 15.2 Å². The lowest BCUT2D eigenvalue weighted by Gasteiger charge is -2.13. The monoisotopic (exact) mass is 275 g/mol. The minimum atomic E-state index is 0.568. The van der Waals surface area contributed by atoms with Crippen LogP contribution in [0.3, 0.4) is 0 Å². The first kappa shape index (κ1) is 14.3. The Morgan fingerprint density at radius 2 is 1.90 bits per heavy atom. The molecule has 0 aliphatic carbocycles. The third kappa shape index (κ3) is 3.46.